The molecule has 0 aliphatic rings. The number of rotatable bonds is 6. The van der Waals surface area contributed by atoms with E-state index >= 15 is 0 Å². The smallest absolute Gasteiger partial charge is 0.289 e. The molecule has 0 unspecified atom stereocenters. The number of hydrogen-bond acceptors (Lipinski definition) is 6. The standard InChI is InChI=1S/C18H18N4O3S/c1-11-6-7-26-17(11)10-19-22-18(23)15-9-14(20-21-15)13-8-12(24-2)4-5-16(13)25-3/h4-10H,1-3H3,(H,20,21)(H,22,23). The van der Waals surface area contributed by atoms with Gasteiger partial charge in [-0.2, -0.15) is 10.2 Å². The van der Waals surface area contributed by atoms with Crippen LogP contribution < -0.4 is 14.9 Å². The lowest BCUT2D eigenvalue weighted by molar-refractivity contribution is 0.0950. The summed E-state index contributed by atoms with van der Waals surface area (Å²) in [5.74, 6) is 0.928. The average molecular weight is 370 g/mol. The molecule has 7 nitrogen and oxygen atoms in total. The maximum atomic E-state index is 12.2. The summed E-state index contributed by atoms with van der Waals surface area (Å²) >= 11 is 1.56. The first-order valence-electron chi connectivity index (χ1n) is 7.77. The number of carbonyl (C=O) groups is 1. The zero-order valence-electron chi connectivity index (χ0n) is 14.6. The fraction of sp³-hybridized carbons (Fsp3) is 0.167. The van der Waals surface area contributed by atoms with E-state index in [1.54, 1.807) is 56.0 Å². The highest BCUT2D eigenvalue weighted by Crippen LogP contribution is 2.32. The van der Waals surface area contributed by atoms with Crippen molar-refractivity contribution >= 4 is 23.5 Å². The number of hydrogen-bond donors (Lipinski definition) is 2. The topological polar surface area (TPSA) is 88.6 Å². The fourth-order valence-corrected chi connectivity index (χ4v) is 3.10. The lowest BCUT2D eigenvalue weighted by Gasteiger charge is -2.08. The molecule has 0 aliphatic carbocycles. The van der Waals surface area contributed by atoms with Gasteiger partial charge in [0, 0.05) is 10.4 Å². The van der Waals surface area contributed by atoms with Gasteiger partial charge in [0.2, 0.25) is 0 Å². The number of aromatic amines is 1. The predicted molar refractivity (Wildman–Crippen MR) is 101 cm³/mol. The van der Waals surface area contributed by atoms with Crippen molar-refractivity contribution < 1.29 is 14.3 Å². The van der Waals surface area contributed by atoms with Gasteiger partial charge in [-0.15, -0.1) is 11.3 Å². The van der Waals surface area contributed by atoms with E-state index in [2.05, 4.69) is 20.7 Å². The number of thiophene rings is 1. The summed E-state index contributed by atoms with van der Waals surface area (Å²) in [4.78, 5) is 13.2. The van der Waals surface area contributed by atoms with Crippen molar-refractivity contribution in [3.63, 3.8) is 0 Å². The van der Waals surface area contributed by atoms with Crippen LogP contribution in [0.3, 0.4) is 0 Å². The predicted octanol–water partition coefficient (Wildman–Crippen LogP) is 3.23. The van der Waals surface area contributed by atoms with Gasteiger partial charge in [-0.3, -0.25) is 9.89 Å². The maximum absolute atomic E-state index is 12.2. The number of benzene rings is 1. The first-order chi connectivity index (χ1) is 12.6. The summed E-state index contributed by atoms with van der Waals surface area (Å²) in [5.41, 5.74) is 5.19. The number of aromatic nitrogens is 2. The molecule has 3 rings (SSSR count). The van der Waals surface area contributed by atoms with E-state index in [0.29, 0.717) is 22.9 Å². The first-order valence-corrected chi connectivity index (χ1v) is 8.65. The van der Waals surface area contributed by atoms with E-state index in [9.17, 15) is 4.79 Å². The summed E-state index contributed by atoms with van der Waals surface area (Å²) in [5, 5.41) is 12.9. The minimum Gasteiger partial charge on any atom is -0.497 e. The molecule has 3 aromatic rings. The fourth-order valence-electron chi connectivity index (χ4n) is 2.32. The monoisotopic (exact) mass is 370 g/mol. The molecule has 0 bridgehead atoms. The molecule has 8 heteroatoms. The van der Waals surface area contributed by atoms with Gasteiger partial charge >= 0.3 is 0 Å². The molecule has 0 aliphatic heterocycles. The van der Waals surface area contributed by atoms with E-state index < -0.39 is 0 Å². The largest absolute Gasteiger partial charge is 0.497 e. The number of hydrazone groups is 1. The Morgan fingerprint density at radius 3 is 2.81 bits per heavy atom. The molecule has 0 radical (unpaired) electrons. The Morgan fingerprint density at radius 2 is 2.12 bits per heavy atom. The van der Waals surface area contributed by atoms with Gasteiger partial charge in [0.15, 0.2) is 0 Å². The molecular weight excluding hydrogens is 352 g/mol. The minimum absolute atomic E-state index is 0.296. The molecule has 2 heterocycles. The number of H-pyrrole nitrogens is 1. The van der Waals surface area contributed by atoms with Crippen LogP contribution in [0.2, 0.25) is 0 Å². The quantitative estimate of drug-likeness (QED) is 0.515. The highest BCUT2D eigenvalue weighted by atomic mass is 32.1. The van der Waals surface area contributed by atoms with Crippen LogP contribution in [0.5, 0.6) is 11.5 Å². The van der Waals surface area contributed by atoms with E-state index in [1.165, 1.54) is 0 Å². The molecule has 0 saturated heterocycles. The normalized spacial score (nSPS) is 10.9. The Morgan fingerprint density at radius 1 is 1.27 bits per heavy atom. The third-order valence-electron chi connectivity index (χ3n) is 3.75. The van der Waals surface area contributed by atoms with Gasteiger partial charge in [-0.1, -0.05) is 0 Å². The molecule has 0 saturated carbocycles. The molecule has 134 valence electrons. The molecule has 2 aromatic heterocycles. The van der Waals surface area contributed by atoms with Crippen LogP contribution in [0.25, 0.3) is 11.3 Å². The van der Waals surface area contributed by atoms with E-state index in [1.807, 2.05) is 18.4 Å². The highest BCUT2D eigenvalue weighted by Gasteiger charge is 2.14. The minimum atomic E-state index is -0.379. The zero-order chi connectivity index (χ0) is 18.5. The number of carbonyl (C=O) groups excluding carboxylic acids is 1. The Balaban J connectivity index is 1.76. The van der Waals surface area contributed by atoms with Crippen LogP contribution in [0.15, 0.2) is 40.8 Å². The van der Waals surface area contributed by atoms with Gasteiger partial charge in [0.25, 0.3) is 5.91 Å². The lowest BCUT2D eigenvalue weighted by atomic mass is 10.1. The van der Waals surface area contributed by atoms with E-state index in [4.69, 9.17) is 9.47 Å². The van der Waals surface area contributed by atoms with Crippen LogP contribution in [0.4, 0.5) is 0 Å². The average Bonchev–Trinajstić information content (AvgIpc) is 3.30. The van der Waals surface area contributed by atoms with Crippen molar-refractivity contribution in [1.82, 2.24) is 15.6 Å². The molecule has 0 atom stereocenters. The summed E-state index contributed by atoms with van der Waals surface area (Å²) in [7, 11) is 3.16. The summed E-state index contributed by atoms with van der Waals surface area (Å²) < 4.78 is 10.6. The Labute approximate surface area is 154 Å². The van der Waals surface area contributed by atoms with Gasteiger partial charge in [-0.05, 0) is 48.2 Å². The van der Waals surface area contributed by atoms with E-state index in [-0.39, 0.29) is 5.91 Å². The van der Waals surface area contributed by atoms with Gasteiger partial charge in [0.05, 0.1) is 26.1 Å². The summed E-state index contributed by atoms with van der Waals surface area (Å²) in [6.45, 7) is 1.99. The molecule has 0 fully saturated rings. The second kappa shape index (κ2) is 7.83. The lowest BCUT2D eigenvalue weighted by Crippen LogP contribution is -2.17. The van der Waals surface area contributed by atoms with Gasteiger partial charge in [0.1, 0.15) is 17.2 Å². The number of methoxy groups -OCH3 is 2. The molecule has 2 N–H and O–H groups in total. The van der Waals surface area contributed by atoms with Crippen molar-refractivity contribution in [2.75, 3.05) is 14.2 Å². The number of amides is 1. The second-order valence-corrected chi connectivity index (χ2v) is 6.35. The summed E-state index contributed by atoms with van der Waals surface area (Å²) in [6, 6.07) is 9.02. The van der Waals surface area contributed by atoms with Crippen molar-refractivity contribution in [2.45, 2.75) is 6.92 Å². The third kappa shape index (κ3) is 3.75. The SMILES string of the molecule is COc1ccc(OC)c(-c2cc(C(=O)NN=Cc3sccc3C)[nH]n2)c1. The van der Waals surface area contributed by atoms with Crippen LogP contribution in [-0.4, -0.2) is 36.5 Å². The molecule has 1 amide bonds. The number of aryl methyl sites for hydroxylation is 1. The second-order valence-electron chi connectivity index (χ2n) is 5.40. The number of nitrogens with one attached hydrogen (secondary N) is 2. The molecule has 26 heavy (non-hydrogen) atoms. The Bertz CT molecular complexity index is 946. The van der Waals surface area contributed by atoms with Crippen molar-refractivity contribution in [3.05, 3.63) is 51.8 Å². The van der Waals surface area contributed by atoms with Gasteiger partial charge in [-0.25, -0.2) is 5.43 Å². The van der Waals surface area contributed by atoms with Gasteiger partial charge < -0.3 is 9.47 Å². The molecule has 0 spiro atoms. The van der Waals surface area contributed by atoms with Crippen LogP contribution in [0, 0.1) is 6.92 Å². The van der Waals surface area contributed by atoms with Crippen molar-refractivity contribution in [3.8, 4) is 22.8 Å². The van der Waals surface area contributed by atoms with Crippen LogP contribution in [-0.2, 0) is 0 Å². The number of ether oxygens (including phenoxy) is 2. The summed E-state index contributed by atoms with van der Waals surface area (Å²) in [6.07, 6.45) is 1.63. The Kier molecular flexibility index (Phi) is 5.33. The van der Waals surface area contributed by atoms with Crippen molar-refractivity contribution in [1.29, 1.82) is 0 Å². The third-order valence-corrected chi connectivity index (χ3v) is 4.71. The number of nitrogens with zero attached hydrogens (tertiary/aromatic N) is 2. The maximum Gasteiger partial charge on any atom is 0.289 e. The zero-order valence-corrected chi connectivity index (χ0v) is 15.4. The van der Waals surface area contributed by atoms with Crippen LogP contribution in [0.1, 0.15) is 20.9 Å². The first kappa shape index (κ1) is 17.7. The molecular formula is C18H18N4O3S. The van der Waals surface area contributed by atoms with E-state index in [0.717, 1.165) is 16.0 Å². The van der Waals surface area contributed by atoms with Crippen LogP contribution >= 0.6 is 11.3 Å². The highest BCUT2D eigenvalue weighted by molar-refractivity contribution is 7.11. The molecule has 1 aromatic carbocycles. The van der Waals surface area contributed by atoms with Crippen molar-refractivity contribution in [2.24, 2.45) is 5.10 Å². The Hall–Kier alpha value is -3.13.